The Hall–Kier alpha value is -2.86. The lowest BCUT2D eigenvalue weighted by atomic mass is 10.2. The molecule has 1 fully saturated rings. The fourth-order valence-electron chi connectivity index (χ4n) is 3.50. The van der Waals surface area contributed by atoms with Gasteiger partial charge in [0, 0.05) is 38.3 Å². The van der Waals surface area contributed by atoms with E-state index in [1.54, 1.807) is 7.11 Å². The van der Waals surface area contributed by atoms with Gasteiger partial charge >= 0.3 is 0 Å². The largest absolute Gasteiger partial charge is 0.495 e. The SMILES string of the molecule is COc1ccccc1N1CCN(CCn2cc(-c3ccccc3)nn2)CC1. The number of piperazine rings is 1. The number of ether oxygens (including phenoxy) is 1. The Morgan fingerprint density at radius 2 is 1.63 bits per heavy atom. The van der Waals surface area contributed by atoms with Crippen LogP contribution in [0, 0.1) is 0 Å². The smallest absolute Gasteiger partial charge is 0.142 e. The molecule has 140 valence electrons. The fraction of sp³-hybridized carbons (Fsp3) is 0.333. The summed E-state index contributed by atoms with van der Waals surface area (Å²) in [4.78, 5) is 4.88. The van der Waals surface area contributed by atoms with Gasteiger partial charge in [0.25, 0.3) is 0 Å². The van der Waals surface area contributed by atoms with Crippen LogP contribution in [-0.4, -0.2) is 59.7 Å². The van der Waals surface area contributed by atoms with Crippen molar-refractivity contribution < 1.29 is 4.74 Å². The van der Waals surface area contributed by atoms with Crippen LogP contribution in [0.2, 0.25) is 0 Å². The molecule has 6 heteroatoms. The second kappa shape index (κ2) is 8.22. The Morgan fingerprint density at radius 3 is 2.41 bits per heavy atom. The van der Waals surface area contributed by atoms with E-state index in [0.29, 0.717) is 0 Å². The Balaban J connectivity index is 1.29. The van der Waals surface area contributed by atoms with Crippen LogP contribution in [0.15, 0.2) is 60.8 Å². The summed E-state index contributed by atoms with van der Waals surface area (Å²) in [7, 11) is 1.73. The maximum Gasteiger partial charge on any atom is 0.142 e. The number of hydrogen-bond donors (Lipinski definition) is 0. The van der Waals surface area contributed by atoms with Crippen molar-refractivity contribution in [3.63, 3.8) is 0 Å². The highest BCUT2D eigenvalue weighted by molar-refractivity contribution is 5.59. The van der Waals surface area contributed by atoms with Gasteiger partial charge in [-0.1, -0.05) is 47.7 Å². The van der Waals surface area contributed by atoms with Gasteiger partial charge in [-0.2, -0.15) is 0 Å². The van der Waals surface area contributed by atoms with E-state index in [-0.39, 0.29) is 0 Å². The average Bonchev–Trinajstić information content (AvgIpc) is 3.22. The predicted octanol–water partition coefficient (Wildman–Crippen LogP) is 2.78. The topological polar surface area (TPSA) is 46.4 Å². The third kappa shape index (κ3) is 4.11. The number of para-hydroxylation sites is 2. The molecule has 2 aromatic carbocycles. The molecule has 0 bridgehead atoms. The highest BCUT2D eigenvalue weighted by atomic mass is 16.5. The minimum Gasteiger partial charge on any atom is -0.495 e. The summed E-state index contributed by atoms with van der Waals surface area (Å²) in [6, 6.07) is 18.4. The first-order valence-corrected chi connectivity index (χ1v) is 9.39. The summed E-state index contributed by atoms with van der Waals surface area (Å²) in [6.45, 7) is 5.93. The average molecular weight is 363 g/mol. The van der Waals surface area contributed by atoms with E-state index in [4.69, 9.17) is 4.74 Å². The van der Waals surface area contributed by atoms with Crippen molar-refractivity contribution >= 4 is 5.69 Å². The van der Waals surface area contributed by atoms with E-state index in [1.165, 1.54) is 5.69 Å². The molecule has 3 aromatic rings. The van der Waals surface area contributed by atoms with Crippen LogP contribution in [-0.2, 0) is 6.54 Å². The molecule has 1 aliphatic heterocycles. The Labute approximate surface area is 160 Å². The zero-order valence-corrected chi connectivity index (χ0v) is 15.7. The Kier molecular flexibility index (Phi) is 5.34. The summed E-state index contributed by atoms with van der Waals surface area (Å²) in [5, 5.41) is 8.57. The summed E-state index contributed by atoms with van der Waals surface area (Å²) < 4.78 is 7.44. The van der Waals surface area contributed by atoms with Crippen molar-refractivity contribution in [1.29, 1.82) is 0 Å². The summed E-state index contributed by atoms with van der Waals surface area (Å²) in [6.07, 6.45) is 2.03. The maximum absolute atomic E-state index is 5.50. The first-order chi connectivity index (χ1) is 13.3. The third-order valence-electron chi connectivity index (χ3n) is 5.05. The first-order valence-electron chi connectivity index (χ1n) is 9.39. The highest BCUT2D eigenvalue weighted by Gasteiger charge is 2.19. The molecule has 1 aromatic heterocycles. The third-order valence-corrected chi connectivity index (χ3v) is 5.05. The molecule has 4 rings (SSSR count). The molecule has 0 amide bonds. The van der Waals surface area contributed by atoms with Crippen molar-refractivity contribution in [2.75, 3.05) is 44.7 Å². The van der Waals surface area contributed by atoms with Gasteiger partial charge in [0.05, 0.1) is 25.5 Å². The first kappa shape index (κ1) is 17.5. The highest BCUT2D eigenvalue weighted by Crippen LogP contribution is 2.28. The van der Waals surface area contributed by atoms with Crippen molar-refractivity contribution in [2.24, 2.45) is 0 Å². The van der Waals surface area contributed by atoms with Crippen molar-refractivity contribution in [2.45, 2.75) is 6.54 Å². The molecule has 6 nitrogen and oxygen atoms in total. The number of methoxy groups -OCH3 is 1. The molecule has 1 aliphatic rings. The molecule has 0 aliphatic carbocycles. The van der Waals surface area contributed by atoms with E-state index in [1.807, 2.05) is 41.2 Å². The number of benzene rings is 2. The van der Waals surface area contributed by atoms with Gasteiger partial charge in [-0.3, -0.25) is 9.58 Å². The van der Waals surface area contributed by atoms with E-state index in [9.17, 15) is 0 Å². The quantitative estimate of drug-likeness (QED) is 0.674. The van der Waals surface area contributed by atoms with E-state index >= 15 is 0 Å². The second-order valence-corrected chi connectivity index (χ2v) is 6.73. The van der Waals surface area contributed by atoms with Crippen LogP contribution in [0.4, 0.5) is 5.69 Å². The van der Waals surface area contributed by atoms with Crippen molar-refractivity contribution in [1.82, 2.24) is 19.9 Å². The van der Waals surface area contributed by atoms with Gasteiger partial charge in [-0.15, -0.1) is 5.10 Å². The lowest BCUT2D eigenvalue weighted by molar-refractivity contribution is 0.243. The van der Waals surface area contributed by atoms with Gasteiger partial charge in [-0.05, 0) is 12.1 Å². The number of anilines is 1. The molecule has 0 spiro atoms. The normalized spacial score (nSPS) is 15.1. The second-order valence-electron chi connectivity index (χ2n) is 6.73. The zero-order valence-electron chi connectivity index (χ0n) is 15.7. The van der Waals surface area contributed by atoms with Gasteiger partial charge in [-0.25, -0.2) is 0 Å². The van der Waals surface area contributed by atoms with Crippen LogP contribution in [0.3, 0.4) is 0 Å². The van der Waals surface area contributed by atoms with Gasteiger partial charge < -0.3 is 9.64 Å². The summed E-state index contributed by atoms with van der Waals surface area (Å²) >= 11 is 0. The number of nitrogens with zero attached hydrogens (tertiary/aromatic N) is 5. The van der Waals surface area contributed by atoms with Crippen molar-refractivity contribution in [3.8, 4) is 17.0 Å². The molecule has 1 saturated heterocycles. The number of aromatic nitrogens is 3. The maximum atomic E-state index is 5.50. The molecule has 0 atom stereocenters. The van der Waals surface area contributed by atoms with Crippen LogP contribution < -0.4 is 9.64 Å². The van der Waals surface area contributed by atoms with Crippen molar-refractivity contribution in [3.05, 3.63) is 60.8 Å². The lowest BCUT2D eigenvalue weighted by Crippen LogP contribution is -2.47. The molecule has 2 heterocycles. The number of rotatable bonds is 6. The van der Waals surface area contributed by atoms with Gasteiger partial charge in [0.2, 0.25) is 0 Å². The van der Waals surface area contributed by atoms with Crippen LogP contribution in [0.25, 0.3) is 11.3 Å². The minimum absolute atomic E-state index is 0.856. The molecule has 0 unspecified atom stereocenters. The molecule has 0 N–H and O–H groups in total. The molecule has 27 heavy (non-hydrogen) atoms. The fourth-order valence-corrected chi connectivity index (χ4v) is 3.50. The summed E-state index contributed by atoms with van der Waals surface area (Å²) in [5.74, 6) is 0.946. The van der Waals surface area contributed by atoms with Gasteiger partial charge in [0.15, 0.2) is 0 Å². The molecule has 0 saturated carbocycles. The summed E-state index contributed by atoms with van der Waals surface area (Å²) in [5.41, 5.74) is 3.22. The number of hydrogen-bond acceptors (Lipinski definition) is 5. The van der Waals surface area contributed by atoms with E-state index in [0.717, 1.165) is 56.3 Å². The molecular formula is C21H25N5O. The Bertz CT molecular complexity index is 856. The monoisotopic (exact) mass is 363 g/mol. The zero-order chi connectivity index (χ0) is 18.5. The molecular weight excluding hydrogens is 338 g/mol. The van der Waals surface area contributed by atoms with Crippen LogP contribution in [0.1, 0.15) is 0 Å². The Morgan fingerprint density at radius 1 is 0.889 bits per heavy atom. The molecule has 0 radical (unpaired) electrons. The van der Waals surface area contributed by atoms with E-state index < -0.39 is 0 Å². The van der Waals surface area contributed by atoms with Crippen LogP contribution >= 0.6 is 0 Å². The van der Waals surface area contributed by atoms with Crippen LogP contribution in [0.5, 0.6) is 5.75 Å². The predicted molar refractivity (Wildman–Crippen MR) is 107 cm³/mol. The van der Waals surface area contributed by atoms with E-state index in [2.05, 4.69) is 44.4 Å². The lowest BCUT2D eigenvalue weighted by Gasteiger charge is -2.36. The standard InChI is InChI=1S/C21H25N5O/c1-27-21-10-6-5-9-20(21)25-14-11-24(12-15-25)13-16-26-17-19(22-23-26)18-7-3-2-4-8-18/h2-10,17H,11-16H2,1H3. The minimum atomic E-state index is 0.856. The van der Waals surface area contributed by atoms with Gasteiger partial charge in [0.1, 0.15) is 11.4 Å².